The van der Waals surface area contributed by atoms with Gasteiger partial charge in [-0.2, -0.15) is 39.5 Å². The van der Waals surface area contributed by atoms with Gasteiger partial charge in [0.2, 0.25) is 0 Å². The van der Waals surface area contributed by atoms with Crippen molar-refractivity contribution in [1.82, 2.24) is 5.32 Å². The summed E-state index contributed by atoms with van der Waals surface area (Å²) < 4.78 is 187. The molecule has 0 aliphatic rings. The van der Waals surface area contributed by atoms with Crippen LogP contribution in [0.1, 0.15) is 58.8 Å². The first-order valence-electron chi connectivity index (χ1n) is 12.2. The molecular formula is C26H22ClF12NO3S. The molecule has 0 saturated heterocycles. The van der Waals surface area contributed by atoms with E-state index in [0.717, 1.165) is 13.8 Å². The van der Waals surface area contributed by atoms with Crippen molar-refractivity contribution in [3.05, 3.63) is 75.3 Å². The van der Waals surface area contributed by atoms with E-state index < -0.39 is 109 Å². The van der Waals surface area contributed by atoms with Gasteiger partial charge < -0.3 is 5.32 Å². The van der Waals surface area contributed by atoms with Crippen LogP contribution >= 0.6 is 11.6 Å². The van der Waals surface area contributed by atoms with Crippen LogP contribution in [-0.4, -0.2) is 44.2 Å². The van der Waals surface area contributed by atoms with Crippen molar-refractivity contribution in [3.8, 4) is 0 Å². The van der Waals surface area contributed by atoms with E-state index in [1.165, 1.54) is 0 Å². The lowest BCUT2D eigenvalue weighted by molar-refractivity contribution is -0.140. The monoisotopic (exact) mass is 691 g/mol. The second kappa shape index (κ2) is 13.2. The number of hydrogen-bond donors (Lipinski definition) is 1. The van der Waals surface area contributed by atoms with E-state index >= 15 is 4.39 Å². The van der Waals surface area contributed by atoms with E-state index in [1.807, 2.05) is 0 Å². The Morgan fingerprint density at radius 2 is 1.55 bits per heavy atom. The zero-order valence-electron chi connectivity index (χ0n) is 22.4. The number of amides is 1. The number of nitrogens with one attached hydrogen (secondary N) is 1. The van der Waals surface area contributed by atoms with Gasteiger partial charge in [-0.3, -0.25) is 4.79 Å². The molecule has 2 atom stereocenters. The smallest absolute Gasteiger partial charge is 0.349 e. The third-order valence-electron chi connectivity index (χ3n) is 5.92. The number of allylic oxidation sites excluding steroid dienone is 1. The third kappa shape index (κ3) is 10.3. The number of benzene rings is 2. The van der Waals surface area contributed by atoms with Crippen molar-refractivity contribution in [1.29, 1.82) is 0 Å². The van der Waals surface area contributed by atoms with Crippen molar-refractivity contribution >= 4 is 33.2 Å². The van der Waals surface area contributed by atoms with Crippen molar-refractivity contribution in [3.63, 3.8) is 0 Å². The zero-order chi connectivity index (χ0) is 34.1. The van der Waals surface area contributed by atoms with Crippen molar-refractivity contribution in [2.75, 3.05) is 11.5 Å². The van der Waals surface area contributed by atoms with Crippen LogP contribution in [0.5, 0.6) is 0 Å². The summed E-state index contributed by atoms with van der Waals surface area (Å²) in [4.78, 5) is 12.5. The number of hydrogen-bond acceptors (Lipinski definition) is 3. The van der Waals surface area contributed by atoms with Gasteiger partial charge in [0.15, 0.2) is 9.84 Å². The molecule has 1 amide bonds. The Hall–Kier alpha value is -2.95. The molecule has 18 heteroatoms. The summed E-state index contributed by atoms with van der Waals surface area (Å²) in [6.45, 7) is 1.94. The average molecular weight is 692 g/mol. The summed E-state index contributed by atoms with van der Waals surface area (Å²) in [5.41, 5.74) is -6.09. The summed E-state index contributed by atoms with van der Waals surface area (Å²) >= 11 is 5.72. The Morgan fingerprint density at radius 1 is 0.955 bits per heavy atom. The molecule has 2 aromatic carbocycles. The third-order valence-corrected chi connectivity index (χ3v) is 7.91. The molecule has 0 bridgehead atoms. The minimum Gasteiger partial charge on any atom is -0.349 e. The predicted molar refractivity (Wildman–Crippen MR) is 137 cm³/mol. The molecule has 0 radical (unpaired) electrons. The standard InChI is InChI=1S/C26H22ClF12NO3S/c1-3-23(29,30)16-6-15(7-17(27)9-16)19(25(34,35)36)10-21(28)14-4-5-18(20(8-14)26(37,38)39)22(41)40-13(2)11-44(42,43)12-24(31,32)33/h4-10,13,19H,3,11-12H2,1-2H3,(H,40,41)/b21-10-/t13-,19?/m1/s1. The van der Waals surface area contributed by atoms with E-state index in [0.29, 0.717) is 30.3 Å². The van der Waals surface area contributed by atoms with Gasteiger partial charge in [-0.1, -0.05) is 24.6 Å². The second-order valence-electron chi connectivity index (χ2n) is 9.67. The molecule has 0 aliphatic heterocycles. The first-order valence-corrected chi connectivity index (χ1v) is 14.4. The summed E-state index contributed by atoms with van der Waals surface area (Å²) in [5, 5.41) is 1.23. The maximum absolute atomic E-state index is 15.1. The largest absolute Gasteiger partial charge is 0.417 e. The van der Waals surface area contributed by atoms with Gasteiger partial charge >= 0.3 is 18.5 Å². The molecule has 44 heavy (non-hydrogen) atoms. The predicted octanol–water partition coefficient (Wildman–Crippen LogP) is 8.61. The summed E-state index contributed by atoms with van der Waals surface area (Å²) in [7, 11) is -4.85. The van der Waals surface area contributed by atoms with Gasteiger partial charge in [0.25, 0.3) is 11.8 Å². The Balaban J connectivity index is 2.51. The molecule has 1 N–H and O–H groups in total. The molecule has 0 aliphatic carbocycles. The molecule has 0 fully saturated rings. The van der Waals surface area contributed by atoms with E-state index in [1.54, 1.807) is 5.32 Å². The van der Waals surface area contributed by atoms with Crippen LogP contribution in [-0.2, 0) is 21.9 Å². The van der Waals surface area contributed by atoms with Gasteiger partial charge in [0, 0.05) is 28.6 Å². The van der Waals surface area contributed by atoms with Crippen LogP contribution in [0.2, 0.25) is 5.02 Å². The lowest BCUT2D eigenvalue weighted by atomic mass is 9.92. The Bertz CT molecular complexity index is 1500. The Labute approximate surface area is 248 Å². The topological polar surface area (TPSA) is 63.2 Å². The maximum Gasteiger partial charge on any atom is 0.417 e. The lowest BCUT2D eigenvalue weighted by Gasteiger charge is -2.21. The minimum absolute atomic E-state index is 0.0200. The van der Waals surface area contributed by atoms with Crippen LogP contribution in [0, 0.1) is 0 Å². The van der Waals surface area contributed by atoms with Crippen molar-refractivity contribution < 1.29 is 65.9 Å². The fourth-order valence-corrected chi connectivity index (χ4v) is 5.69. The summed E-state index contributed by atoms with van der Waals surface area (Å²) in [6.07, 6.45) is -16.9. The highest BCUT2D eigenvalue weighted by Crippen LogP contribution is 2.42. The number of sulfone groups is 1. The van der Waals surface area contributed by atoms with Gasteiger partial charge in [-0.25, -0.2) is 21.6 Å². The van der Waals surface area contributed by atoms with E-state index in [4.69, 9.17) is 11.6 Å². The Morgan fingerprint density at radius 3 is 2.05 bits per heavy atom. The first kappa shape index (κ1) is 37.2. The van der Waals surface area contributed by atoms with Gasteiger partial charge in [0.1, 0.15) is 17.5 Å². The molecule has 0 aromatic heterocycles. The highest BCUT2D eigenvalue weighted by Gasteiger charge is 2.42. The number of halogens is 13. The maximum atomic E-state index is 15.1. The molecule has 1 unspecified atom stereocenters. The minimum atomic E-state index is -5.43. The van der Waals surface area contributed by atoms with Crippen molar-refractivity contribution in [2.45, 2.75) is 56.7 Å². The van der Waals surface area contributed by atoms with Crippen molar-refractivity contribution in [2.24, 2.45) is 0 Å². The zero-order valence-corrected chi connectivity index (χ0v) is 23.9. The summed E-state index contributed by atoms with van der Waals surface area (Å²) in [5.74, 6) is -13.6. The molecule has 246 valence electrons. The first-order chi connectivity index (χ1) is 19.8. The second-order valence-corrected chi connectivity index (χ2v) is 12.2. The molecular weight excluding hydrogens is 670 g/mol. The Kier molecular flexibility index (Phi) is 11.2. The fraction of sp³-hybridized carbons (Fsp3) is 0.423. The number of rotatable bonds is 10. The fourth-order valence-electron chi connectivity index (χ4n) is 3.99. The normalized spacial score (nSPS) is 15.2. The van der Waals surface area contributed by atoms with Crippen LogP contribution in [0.15, 0.2) is 42.5 Å². The number of carbonyl (C=O) groups is 1. The molecule has 2 aromatic rings. The number of carbonyl (C=O) groups excluding carboxylic acids is 1. The van der Waals surface area contributed by atoms with E-state index in [-0.39, 0.29) is 12.1 Å². The quantitative estimate of drug-likeness (QED) is 0.254. The van der Waals surface area contributed by atoms with E-state index in [2.05, 4.69) is 0 Å². The van der Waals surface area contributed by atoms with Gasteiger partial charge in [-0.15, -0.1) is 0 Å². The molecule has 0 spiro atoms. The lowest BCUT2D eigenvalue weighted by Crippen LogP contribution is -2.40. The van der Waals surface area contributed by atoms with Gasteiger partial charge in [-0.05, 0) is 48.9 Å². The SMILES string of the molecule is CCC(F)(F)c1cc(Cl)cc(C(/C=C(\F)c2ccc(C(=O)N[C@H](C)CS(=O)(=O)CC(F)(F)F)c(C(F)(F)F)c2)C(F)(F)F)c1. The molecule has 0 saturated carbocycles. The highest BCUT2D eigenvalue weighted by molar-refractivity contribution is 7.91. The van der Waals surface area contributed by atoms with Crippen LogP contribution in [0.4, 0.5) is 52.7 Å². The van der Waals surface area contributed by atoms with Crippen LogP contribution < -0.4 is 5.32 Å². The highest BCUT2D eigenvalue weighted by atomic mass is 35.5. The van der Waals surface area contributed by atoms with E-state index in [9.17, 15) is 61.5 Å². The average Bonchev–Trinajstić information content (AvgIpc) is 2.83. The van der Waals surface area contributed by atoms with Gasteiger partial charge in [0.05, 0.1) is 16.9 Å². The van der Waals surface area contributed by atoms with Crippen LogP contribution in [0.25, 0.3) is 5.83 Å². The van der Waals surface area contributed by atoms with Crippen LogP contribution in [0.3, 0.4) is 0 Å². The summed E-state index contributed by atoms with van der Waals surface area (Å²) in [6, 6.07) is 0.971. The molecule has 2 rings (SSSR count). The molecule has 0 heterocycles. The molecule has 4 nitrogen and oxygen atoms in total. The number of alkyl halides is 11.